The summed E-state index contributed by atoms with van der Waals surface area (Å²) in [5.41, 5.74) is 6.24. The van der Waals surface area contributed by atoms with Gasteiger partial charge in [0.25, 0.3) is 5.91 Å². The van der Waals surface area contributed by atoms with E-state index in [0.717, 1.165) is 0 Å². The smallest absolute Gasteiger partial charge is 0.260 e. The molecule has 1 fully saturated rings. The Balaban J connectivity index is 1.77. The maximum Gasteiger partial charge on any atom is 0.260 e. The second-order valence-corrected chi connectivity index (χ2v) is 5.13. The van der Waals surface area contributed by atoms with Crippen LogP contribution in [-0.4, -0.2) is 43.5 Å². The number of nitrogens with zero attached hydrogens (tertiary/aromatic N) is 1. The molecule has 0 atom stereocenters. The highest BCUT2D eigenvalue weighted by atomic mass is 16.5. The lowest BCUT2D eigenvalue weighted by Crippen LogP contribution is -2.44. The second kappa shape index (κ2) is 6.97. The van der Waals surface area contributed by atoms with Gasteiger partial charge in [-0.2, -0.15) is 0 Å². The average Bonchev–Trinajstić information content (AvgIpc) is 2.53. The van der Waals surface area contributed by atoms with Crippen LogP contribution in [-0.2, 0) is 9.59 Å². The zero-order valence-electron chi connectivity index (χ0n) is 12.2. The molecule has 114 valence electrons. The van der Waals surface area contributed by atoms with Crippen LogP contribution in [0.2, 0.25) is 0 Å². The zero-order chi connectivity index (χ0) is 15.2. The van der Waals surface area contributed by atoms with Crippen LogP contribution in [0.5, 0.6) is 5.75 Å². The number of piperidine rings is 1. The Morgan fingerprint density at radius 1 is 1.29 bits per heavy atom. The normalized spacial score (nSPS) is 15.6. The topological polar surface area (TPSA) is 84.7 Å². The molecule has 0 bridgehead atoms. The van der Waals surface area contributed by atoms with Crippen molar-refractivity contribution < 1.29 is 14.3 Å². The summed E-state index contributed by atoms with van der Waals surface area (Å²) in [6.45, 7) is 1.21. The van der Waals surface area contributed by atoms with E-state index in [1.54, 1.807) is 36.2 Å². The Kier molecular flexibility index (Phi) is 5.03. The van der Waals surface area contributed by atoms with Crippen molar-refractivity contribution in [1.82, 2.24) is 10.2 Å². The van der Waals surface area contributed by atoms with Crippen LogP contribution in [0.3, 0.4) is 0 Å². The number of nitrogens with one attached hydrogen (secondary N) is 1. The summed E-state index contributed by atoms with van der Waals surface area (Å²) in [6.07, 6.45) is 1.40. The standard InChI is InChI=1S/C15H21N3O3/c1-17-15(20)11-6-8-18(9-7-11)14(19)10-21-13-4-2-12(16)3-5-13/h2-5,11H,6-10,16H2,1H3,(H,17,20). The lowest BCUT2D eigenvalue weighted by Gasteiger charge is -2.31. The monoisotopic (exact) mass is 291 g/mol. The van der Waals surface area contributed by atoms with Gasteiger partial charge in [-0.05, 0) is 37.1 Å². The minimum Gasteiger partial charge on any atom is -0.484 e. The number of rotatable bonds is 4. The molecule has 0 saturated carbocycles. The molecule has 1 aliphatic heterocycles. The van der Waals surface area contributed by atoms with Gasteiger partial charge in [-0.15, -0.1) is 0 Å². The Bertz CT molecular complexity index is 493. The number of carbonyl (C=O) groups is 2. The number of hydrogen-bond acceptors (Lipinski definition) is 4. The highest BCUT2D eigenvalue weighted by Gasteiger charge is 2.26. The van der Waals surface area contributed by atoms with E-state index in [-0.39, 0.29) is 24.3 Å². The van der Waals surface area contributed by atoms with Crippen molar-refractivity contribution in [2.75, 3.05) is 32.5 Å². The number of benzene rings is 1. The van der Waals surface area contributed by atoms with Crippen LogP contribution in [0.1, 0.15) is 12.8 Å². The molecule has 3 N–H and O–H groups in total. The Morgan fingerprint density at radius 2 is 1.90 bits per heavy atom. The van der Waals surface area contributed by atoms with Crippen LogP contribution < -0.4 is 15.8 Å². The quantitative estimate of drug-likeness (QED) is 0.797. The third kappa shape index (κ3) is 4.11. The van der Waals surface area contributed by atoms with Crippen LogP contribution in [0, 0.1) is 5.92 Å². The molecule has 1 aromatic rings. The van der Waals surface area contributed by atoms with Gasteiger partial charge in [-0.25, -0.2) is 0 Å². The number of hydrogen-bond donors (Lipinski definition) is 2. The van der Waals surface area contributed by atoms with E-state index in [1.165, 1.54) is 0 Å². The highest BCUT2D eigenvalue weighted by Crippen LogP contribution is 2.18. The summed E-state index contributed by atoms with van der Waals surface area (Å²) in [5, 5.41) is 2.65. The first-order valence-corrected chi connectivity index (χ1v) is 7.08. The molecule has 0 spiro atoms. The van der Waals surface area contributed by atoms with Crippen molar-refractivity contribution >= 4 is 17.5 Å². The van der Waals surface area contributed by atoms with Crippen molar-refractivity contribution in [1.29, 1.82) is 0 Å². The van der Waals surface area contributed by atoms with E-state index < -0.39 is 0 Å². The third-order valence-electron chi connectivity index (χ3n) is 3.71. The average molecular weight is 291 g/mol. The van der Waals surface area contributed by atoms with Gasteiger partial charge in [-0.1, -0.05) is 0 Å². The van der Waals surface area contributed by atoms with Crippen molar-refractivity contribution in [2.24, 2.45) is 5.92 Å². The molecule has 1 aromatic carbocycles. The minimum absolute atomic E-state index is 0.00849. The fraction of sp³-hybridized carbons (Fsp3) is 0.467. The third-order valence-corrected chi connectivity index (χ3v) is 3.71. The van der Waals surface area contributed by atoms with E-state index in [1.807, 2.05) is 0 Å². The van der Waals surface area contributed by atoms with Crippen LogP contribution in [0.25, 0.3) is 0 Å². The maximum absolute atomic E-state index is 12.1. The number of likely N-dealkylation sites (tertiary alicyclic amines) is 1. The molecule has 0 unspecified atom stereocenters. The molecule has 1 aliphatic rings. The van der Waals surface area contributed by atoms with Gasteiger partial charge in [0.2, 0.25) is 5.91 Å². The van der Waals surface area contributed by atoms with Crippen LogP contribution >= 0.6 is 0 Å². The van der Waals surface area contributed by atoms with E-state index in [4.69, 9.17) is 10.5 Å². The summed E-state index contributed by atoms with van der Waals surface area (Å²) in [4.78, 5) is 25.3. The zero-order valence-corrected chi connectivity index (χ0v) is 12.2. The summed E-state index contributed by atoms with van der Waals surface area (Å²) in [5.74, 6) is 0.636. The molecule has 21 heavy (non-hydrogen) atoms. The molecule has 0 aliphatic carbocycles. The predicted molar refractivity (Wildman–Crippen MR) is 79.7 cm³/mol. The summed E-state index contributed by atoms with van der Waals surface area (Å²) in [6, 6.07) is 6.93. The molecule has 2 rings (SSSR count). The van der Waals surface area contributed by atoms with Crippen molar-refractivity contribution in [3.05, 3.63) is 24.3 Å². The van der Waals surface area contributed by atoms with Gasteiger partial charge < -0.3 is 20.7 Å². The largest absolute Gasteiger partial charge is 0.484 e. The van der Waals surface area contributed by atoms with Gasteiger partial charge in [0, 0.05) is 31.7 Å². The van der Waals surface area contributed by atoms with Gasteiger partial charge >= 0.3 is 0 Å². The molecule has 2 amide bonds. The maximum atomic E-state index is 12.1. The SMILES string of the molecule is CNC(=O)C1CCN(C(=O)COc2ccc(N)cc2)CC1. The van der Waals surface area contributed by atoms with Crippen molar-refractivity contribution in [3.8, 4) is 5.75 Å². The lowest BCUT2D eigenvalue weighted by molar-refractivity contribution is -0.137. The number of amides is 2. The molecular weight excluding hydrogens is 270 g/mol. The van der Waals surface area contributed by atoms with Gasteiger partial charge in [0.05, 0.1) is 0 Å². The second-order valence-electron chi connectivity index (χ2n) is 5.13. The molecular formula is C15H21N3O3. The Morgan fingerprint density at radius 3 is 2.48 bits per heavy atom. The van der Waals surface area contributed by atoms with E-state index >= 15 is 0 Å². The molecule has 0 aromatic heterocycles. The number of carbonyl (C=O) groups excluding carboxylic acids is 2. The Labute approximate surface area is 124 Å². The number of nitrogens with two attached hydrogens (primary N) is 1. The molecule has 6 heteroatoms. The van der Waals surface area contributed by atoms with E-state index in [0.29, 0.717) is 37.4 Å². The lowest BCUT2D eigenvalue weighted by atomic mass is 9.96. The summed E-state index contributed by atoms with van der Waals surface area (Å²) in [7, 11) is 1.64. The van der Waals surface area contributed by atoms with Gasteiger partial charge in [0.15, 0.2) is 6.61 Å². The predicted octanol–water partition coefficient (Wildman–Crippen LogP) is 0.632. The van der Waals surface area contributed by atoms with Crippen molar-refractivity contribution in [2.45, 2.75) is 12.8 Å². The van der Waals surface area contributed by atoms with Gasteiger partial charge in [-0.3, -0.25) is 9.59 Å². The van der Waals surface area contributed by atoms with E-state index in [2.05, 4.69) is 5.32 Å². The highest BCUT2D eigenvalue weighted by molar-refractivity contribution is 5.80. The number of anilines is 1. The molecule has 1 heterocycles. The summed E-state index contributed by atoms with van der Waals surface area (Å²) < 4.78 is 5.45. The fourth-order valence-electron chi connectivity index (χ4n) is 2.40. The van der Waals surface area contributed by atoms with E-state index in [9.17, 15) is 9.59 Å². The molecule has 6 nitrogen and oxygen atoms in total. The minimum atomic E-state index is -0.0535. The first-order valence-electron chi connectivity index (χ1n) is 7.08. The fourth-order valence-corrected chi connectivity index (χ4v) is 2.40. The summed E-state index contributed by atoms with van der Waals surface area (Å²) >= 11 is 0. The first kappa shape index (κ1) is 15.2. The van der Waals surface area contributed by atoms with Crippen LogP contribution in [0.15, 0.2) is 24.3 Å². The van der Waals surface area contributed by atoms with Gasteiger partial charge in [0.1, 0.15) is 5.75 Å². The first-order chi connectivity index (χ1) is 10.1. The Hall–Kier alpha value is -2.24. The van der Waals surface area contributed by atoms with Crippen LogP contribution in [0.4, 0.5) is 5.69 Å². The number of nitrogen functional groups attached to an aromatic ring is 1. The molecule has 1 saturated heterocycles. The van der Waals surface area contributed by atoms with Crippen molar-refractivity contribution in [3.63, 3.8) is 0 Å². The molecule has 0 radical (unpaired) electrons. The number of ether oxygens (including phenoxy) is 1.